The van der Waals surface area contributed by atoms with E-state index in [4.69, 9.17) is 9.84 Å². The largest absolute Gasteiger partial charge is 0.492 e. The fraction of sp³-hybridized carbons (Fsp3) is 0.500. The molecule has 0 spiro atoms. The second-order valence-corrected chi connectivity index (χ2v) is 6.07. The number of hydrogen-bond acceptors (Lipinski definition) is 4. The fourth-order valence-electron chi connectivity index (χ4n) is 1.47. The van der Waals surface area contributed by atoms with Crippen LogP contribution in [0, 0.1) is 0 Å². The van der Waals surface area contributed by atoms with Crippen LogP contribution in [0.25, 0.3) is 0 Å². The maximum absolute atomic E-state index is 11.4. The van der Waals surface area contributed by atoms with Gasteiger partial charge < -0.3 is 9.84 Å². The first-order valence-electron chi connectivity index (χ1n) is 5.61. The van der Waals surface area contributed by atoms with Gasteiger partial charge in [0.25, 0.3) is 0 Å². The average Bonchev–Trinajstić information content (AvgIpc) is 2.29. The Hall–Kier alpha value is -1.07. The highest BCUT2D eigenvalue weighted by molar-refractivity contribution is 7.91. The number of sulfone groups is 1. The molecule has 0 aliphatic carbocycles. The predicted octanol–water partition coefficient (Wildman–Crippen LogP) is 1.38. The zero-order chi connectivity index (χ0) is 12.7. The predicted molar refractivity (Wildman–Crippen MR) is 66.8 cm³/mol. The molecule has 0 saturated heterocycles. The van der Waals surface area contributed by atoms with Gasteiger partial charge in [0, 0.05) is 5.56 Å². The molecule has 0 saturated carbocycles. The fourth-order valence-corrected chi connectivity index (χ4v) is 2.63. The first kappa shape index (κ1) is 14.0. The number of hydrogen-bond donors (Lipinski definition) is 1. The molecule has 0 aromatic heterocycles. The van der Waals surface area contributed by atoms with Gasteiger partial charge in [-0.1, -0.05) is 25.1 Å². The lowest BCUT2D eigenvalue weighted by Crippen LogP contribution is -2.17. The summed E-state index contributed by atoms with van der Waals surface area (Å²) in [7, 11) is -3.01. The summed E-state index contributed by atoms with van der Waals surface area (Å²) >= 11 is 0. The van der Waals surface area contributed by atoms with E-state index in [1.165, 1.54) is 0 Å². The topological polar surface area (TPSA) is 63.6 Å². The molecule has 1 N–H and O–H groups in total. The normalized spacial score (nSPS) is 11.4. The van der Waals surface area contributed by atoms with Crippen LogP contribution in [0.1, 0.15) is 18.9 Å². The third-order valence-corrected chi connectivity index (χ3v) is 4.13. The van der Waals surface area contributed by atoms with Gasteiger partial charge in [0.05, 0.1) is 18.1 Å². The molecular formula is C12H18O4S. The van der Waals surface area contributed by atoms with Crippen LogP contribution in [0.15, 0.2) is 24.3 Å². The van der Waals surface area contributed by atoms with Crippen LogP contribution in [0.3, 0.4) is 0 Å². The molecule has 0 atom stereocenters. The lowest BCUT2D eigenvalue weighted by Gasteiger charge is -2.09. The summed E-state index contributed by atoms with van der Waals surface area (Å²) in [6.45, 7) is 1.84. The minimum atomic E-state index is -3.01. The second-order valence-electron chi connectivity index (χ2n) is 3.77. The van der Waals surface area contributed by atoms with Gasteiger partial charge in [-0.15, -0.1) is 0 Å². The monoisotopic (exact) mass is 258 g/mol. The molecule has 0 aliphatic heterocycles. The van der Waals surface area contributed by atoms with Crippen LogP contribution in [0.5, 0.6) is 5.75 Å². The van der Waals surface area contributed by atoms with Gasteiger partial charge >= 0.3 is 0 Å². The number of rotatable bonds is 7. The number of aliphatic hydroxyl groups is 1. The molecule has 4 nitrogen and oxygen atoms in total. The SMILES string of the molecule is CCCS(=O)(=O)CCOc1ccccc1CO. The third-order valence-electron chi connectivity index (χ3n) is 2.31. The van der Waals surface area contributed by atoms with Crippen molar-refractivity contribution in [2.45, 2.75) is 20.0 Å². The molecule has 0 aliphatic rings. The Morgan fingerprint density at radius 3 is 2.59 bits per heavy atom. The summed E-state index contributed by atoms with van der Waals surface area (Å²) in [6.07, 6.45) is 0.621. The van der Waals surface area contributed by atoms with E-state index in [-0.39, 0.29) is 24.7 Å². The Morgan fingerprint density at radius 1 is 1.24 bits per heavy atom. The number of ether oxygens (including phenoxy) is 1. The van der Waals surface area contributed by atoms with Crippen LogP contribution < -0.4 is 4.74 Å². The number of benzene rings is 1. The van der Waals surface area contributed by atoms with Gasteiger partial charge in [0.15, 0.2) is 9.84 Å². The summed E-state index contributed by atoms with van der Waals surface area (Å²) < 4.78 is 28.3. The molecule has 17 heavy (non-hydrogen) atoms. The summed E-state index contributed by atoms with van der Waals surface area (Å²) in [4.78, 5) is 0. The lowest BCUT2D eigenvalue weighted by atomic mass is 10.2. The second kappa shape index (κ2) is 6.61. The van der Waals surface area contributed by atoms with E-state index in [2.05, 4.69) is 0 Å². The minimum Gasteiger partial charge on any atom is -0.492 e. The van der Waals surface area contributed by atoms with E-state index in [9.17, 15) is 8.42 Å². The highest BCUT2D eigenvalue weighted by atomic mass is 32.2. The molecule has 0 bridgehead atoms. The highest BCUT2D eigenvalue weighted by Gasteiger charge is 2.10. The molecule has 0 fully saturated rings. The Bertz CT molecular complexity index is 440. The maximum Gasteiger partial charge on any atom is 0.153 e. The van der Waals surface area contributed by atoms with Gasteiger partial charge in [0.2, 0.25) is 0 Å². The molecule has 0 heterocycles. The van der Waals surface area contributed by atoms with Crippen molar-refractivity contribution in [1.29, 1.82) is 0 Å². The van der Waals surface area contributed by atoms with Crippen molar-refractivity contribution in [2.75, 3.05) is 18.1 Å². The Morgan fingerprint density at radius 2 is 1.94 bits per heavy atom. The zero-order valence-electron chi connectivity index (χ0n) is 9.93. The van der Waals surface area contributed by atoms with E-state index in [1.807, 2.05) is 6.92 Å². The Labute approximate surface area is 102 Å². The van der Waals surface area contributed by atoms with E-state index in [1.54, 1.807) is 24.3 Å². The van der Waals surface area contributed by atoms with Crippen LogP contribution in [0.2, 0.25) is 0 Å². The quantitative estimate of drug-likeness (QED) is 0.802. The van der Waals surface area contributed by atoms with Crippen molar-refractivity contribution < 1.29 is 18.3 Å². The maximum atomic E-state index is 11.4. The molecule has 96 valence electrons. The van der Waals surface area contributed by atoms with Gasteiger partial charge in [-0.25, -0.2) is 8.42 Å². The van der Waals surface area contributed by atoms with E-state index in [0.29, 0.717) is 17.7 Å². The average molecular weight is 258 g/mol. The van der Waals surface area contributed by atoms with Crippen molar-refractivity contribution >= 4 is 9.84 Å². The van der Waals surface area contributed by atoms with Crippen LogP contribution >= 0.6 is 0 Å². The van der Waals surface area contributed by atoms with Gasteiger partial charge in [0.1, 0.15) is 12.4 Å². The summed E-state index contributed by atoms with van der Waals surface area (Å²) in [5.41, 5.74) is 0.667. The first-order valence-corrected chi connectivity index (χ1v) is 7.43. The first-order chi connectivity index (χ1) is 8.09. The highest BCUT2D eigenvalue weighted by Crippen LogP contribution is 2.17. The summed E-state index contributed by atoms with van der Waals surface area (Å²) in [5, 5.41) is 9.06. The molecule has 0 amide bonds. The Balaban J connectivity index is 2.51. The van der Waals surface area contributed by atoms with E-state index in [0.717, 1.165) is 0 Å². The molecule has 0 unspecified atom stereocenters. The number of aliphatic hydroxyl groups excluding tert-OH is 1. The van der Waals surface area contributed by atoms with Crippen LogP contribution in [-0.2, 0) is 16.4 Å². The van der Waals surface area contributed by atoms with Crippen molar-refractivity contribution in [1.82, 2.24) is 0 Å². The van der Waals surface area contributed by atoms with Crippen molar-refractivity contribution in [2.24, 2.45) is 0 Å². The van der Waals surface area contributed by atoms with Crippen LogP contribution in [-0.4, -0.2) is 31.6 Å². The standard InChI is InChI=1S/C12H18O4S/c1-2-8-17(14,15)9-7-16-12-6-4-3-5-11(12)10-13/h3-6,13H,2,7-10H2,1H3. The van der Waals surface area contributed by atoms with E-state index >= 15 is 0 Å². The van der Waals surface area contributed by atoms with Gasteiger partial charge in [-0.3, -0.25) is 0 Å². The minimum absolute atomic E-state index is 0.0145. The summed E-state index contributed by atoms with van der Waals surface area (Å²) in [5.74, 6) is 0.750. The van der Waals surface area contributed by atoms with Crippen molar-refractivity contribution in [3.05, 3.63) is 29.8 Å². The van der Waals surface area contributed by atoms with Crippen LogP contribution in [0.4, 0.5) is 0 Å². The molecule has 1 aromatic carbocycles. The smallest absolute Gasteiger partial charge is 0.153 e. The molecule has 0 radical (unpaired) electrons. The van der Waals surface area contributed by atoms with Gasteiger partial charge in [-0.2, -0.15) is 0 Å². The van der Waals surface area contributed by atoms with Gasteiger partial charge in [-0.05, 0) is 12.5 Å². The molecule has 1 rings (SSSR count). The molecule has 1 aromatic rings. The Kier molecular flexibility index (Phi) is 5.44. The van der Waals surface area contributed by atoms with Crippen molar-refractivity contribution in [3.63, 3.8) is 0 Å². The van der Waals surface area contributed by atoms with Crippen molar-refractivity contribution in [3.8, 4) is 5.75 Å². The molecular weight excluding hydrogens is 240 g/mol. The third kappa shape index (κ3) is 4.75. The molecule has 5 heteroatoms. The zero-order valence-corrected chi connectivity index (χ0v) is 10.7. The summed E-state index contributed by atoms with van der Waals surface area (Å²) in [6, 6.07) is 7.05. The number of para-hydroxylation sites is 1. The van der Waals surface area contributed by atoms with E-state index < -0.39 is 9.84 Å². The lowest BCUT2D eigenvalue weighted by molar-refractivity contribution is 0.267.